The topological polar surface area (TPSA) is 24.9 Å². The molecule has 0 aliphatic rings. The maximum Gasteiger partial charge on any atom is 0.161 e. The molecule has 0 atom stereocenters. The van der Waals surface area contributed by atoms with E-state index in [1.54, 1.807) is 12.3 Å². The Morgan fingerprint density at radius 2 is 1.71 bits per heavy atom. The number of fused-ring (bicyclic) bond motifs is 1. The molecule has 0 amide bonds. The Kier molecular flexibility index (Phi) is 3.48. The number of rotatable bonds is 3. The Hall–Kier alpha value is -2.56. The highest BCUT2D eigenvalue weighted by Gasteiger charge is 2.10. The Morgan fingerprint density at radius 3 is 2.57 bits per heavy atom. The summed E-state index contributed by atoms with van der Waals surface area (Å²) < 4.78 is 39.6. The zero-order chi connectivity index (χ0) is 14.8. The molecule has 0 saturated carbocycles. The van der Waals surface area contributed by atoms with Crippen LogP contribution in [0.15, 0.2) is 48.7 Å². The first kappa shape index (κ1) is 13.4. The second-order valence-electron chi connectivity index (χ2n) is 4.59. The van der Waals surface area contributed by atoms with Crippen LogP contribution in [0.1, 0.15) is 5.56 Å². The van der Waals surface area contributed by atoms with Gasteiger partial charge in [0.2, 0.25) is 0 Å². The number of aromatic nitrogens is 1. The van der Waals surface area contributed by atoms with Crippen LogP contribution in [0, 0.1) is 17.5 Å². The first-order valence-electron chi connectivity index (χ1n) is 6.36. The van der Waals surface area contributed by atoms with Crippen LogP contribution in [-0.4, -0.2) is 4.98 Å². The van der Waals surface area contributed by atoms with Crippen molar-refractivity contribution in [3.05, 3.63) is 71.7 Å². The molecule has 0 aliphatic carbocycles. The summed E-state index contributed by atoms with van der Waals surface area (Å²) in [5, 5.41) is 3.90. The van der Waals surface area contributed by atoms with Crippen molar-refractivity contribution in [2.45, 2.75) is 6.54 Å². The van der Waals surface area contributed by atoms with Crippen LogP contribution in [0.4, 0.5) is 18.9 Å². The molecule has 3 rings (SSSR count). The van der Waals surface area contributed by atoms with Crippen LogP contribution >= 0.6 is 0 Å². The second-order valence-corrected chi connectivity index (χ2v) is 4.59. The third-order valence-corrected chi connectivity index (χ3v) is 3.20. The van der Waals surface area contributed by atoms with Crippen LogP contribution in [-0.2, 0) is 6.54 Å². The van der Waals surface area contributed by atoms with Crippen molar-refractivity contribution >= 4 is 16.6 Å². The Labute approximate surface area is 119 Å². The van der Waals surface area contributed by atoms with Crippen LogP contribution < -0.4 is 5.32 Å². The van der Waals surface area contributed by atoms with E-state index in [0.29, 0.717) is 6.07 Å². The van der Waals surface area contributed by atoms with E-state index in [4.69, 9.17) is 0 Å². The molecule has 0 fully saturated rings. The van der Waals surface area contributed by atoms with Gasteiger partial charge in [-0.05, 0) is 30.3 Å². The number of pyridine rings is 1. The molecule has 3 aromatic rings. The van der Waals surface area contributed by atoms with Crippen LogP contribution in [0.5, 0.6) is 0 Å². The second kappa shape index (κ2) is 5.44. The number of nitrogens with one attached hydrogen (secondary N) is 1. The van der Waals surface area contributed by atoms with Crippen molar-refractivity contribution in [1.82, 2.24) is 4.98 Å². The molecule has 5 heteroatoms. The Morgan fingerprint density at radius 1 is 0.905 bits per heavy atom. The predicted molar refractivity (Wildman–Crippen MR) is 75.4 cm³/mol. The molecule has 1 aromatic heterocycles. The van der Waals surface area contributed by atoms with E-state index in [1.165, 1.54) is 0 Å². The average molecular weight is 288 g/mol. The van der Waals surface area contributed by atoms with E-state index >= 15 is 0 Å². The average Bonchev–Trinajstić information content (AvgIpc) is 2.49. The minimum atomic E-state index is -1.19. The normalized spacial score (nSPS) is 10.8. The number of nitrogens with zero attached hydrogens (tertiary/aromatic N) is 1. The highest BCUT2D eigenvalue weighted by molar-refractivity contribution is 5.91. The molecular weight excluding hydrogens is 277 g/mol. The lowest BCUT2D eigenvalue weighted by Gasteiger charge is -2.10. The van der Waals surface area contributed by atoms with Gasteiger partial charge in [-0.1, -0.05) is 6.07 Å². The summed E-state index contributed by atoms with van der Waals surface area (Å²) in [5.41, 5.74) is 1.62. The minimum Gasteiger partial charge on any atom is -0.380 e. The highest BCUT2D eigenvalue weighted by Crippen LogP contribution is 2.22. The van der Waals surface area contributed by atoms with Crippen LogP contribution in [0.2, 0.25) is 0 Å². The summed E-state index contributed by atoms with van der Waals surface area (Å²) in [7, 11) is 0. The molecule has 0 unspecified atom stereocenters. The molecule has 0 radical (unpaired) electrons. The monoisotopic (exact) mass is 288 g/mol. The summed E-state index contributed by atoms with van der Waals surface area (Å²) in [6, 6.07) is 10.6. The van der Waals surface area contributed by atoms with Gasteiger partial charge in [0.05, 0.1) is 5.52 Å². The summed E-state index contributed by atoms with van der Waals surface area (Å²) in [4.78, 5) is 4.22. The van der Waals surface area contributed by atoms with Gasteiger partial charge in [-0.25, -0.2) is 13.2 Å². The Bertz CT molecular complexity index is 797. The molecule has 2 aromatic carbocycles. The van der Waals surface area contributed by atoms with E-state index < -0.39 is 17.5 Å². The van der Waals surface area contributed by atoms with Gasteiger partial charge in [0.1, 0.15) is 5.82 Å². The summed E-state index contributed by atoms with van der Waals surface area (Å²) in [5.74, 6) is -3.03. The maximum absolute atomic E-state index is 13.6. The number of benzene rings is 2. The van der Waals surface area contributed by atoms with Gasteiger partial charge >= 0.3 is 0 Å². The first-order valence-corrected chi connectivity index (χ1v) is 6.36. The summed E-state index contributed by atoms with van der Waals surface area (Å²) >= 11 is 0. The zero-order valence-electron chi connectivity index (χ0n) is 10.9. The molecule has 0 aliphatic heterocycles. The molecule has 0 bridgehead atoms. The largest absolute Gasteiger partial charge is 0.380 e. The smallest absolute Gasteiger partial charge is 0.161 e. The number of halogens is 3. The number of anilines is 1. The van der Waals surface area contributed by atoms with Crippen molar-refractivity contribution in [3.8, 4) is 0 Å². The van der Waals surface area contributed by atoms with Gasteiger partial charge in [-0.3, -0.25) is 4.98 Å². The fourth-order valence-electron chi connectivity index (χ4n) is 2.15. The van der Waals surface area contributed by atoms with Gasteiger partial charge in [-0.15, -0.1) is 0 Å². The lowest BCUT2D eigenvalue weighted by molar-refractivity contribution is 0.490. The van der Waals surface area contributed by atoms with Gasteiger partial charge in [0.15, 0.2) is 11.6 Å². The van der Waals surface area contributed by atoms with E-state index in [1.807, 2.05) is 24.3 Å². The van der Waals surface area contributed by atoms with Gasteiger partial charge < -0.3 is 5.32 Å². The molecule has 1 heterocycles. The Balaban J connectivity index is 1.89. The molecule has 2 nitrogen and oxygen atoms in total. The lowest BCUT2D eigenvalue weighted by Crippen LogP contribution is -2.04. The van der Waals surface area contributed by atoms with Crippen molar-refractivity contribution < 1.29 is 13.2 Å². The van der Waals surface area contributed by atoms with Crippen molar-refractivity contribution in [1.29, 1.82) is 0 Å². The van der Waals surface area contributed by atoms with Crippen molar-refractivity contribution in [2.24, 2.45) is 0 Å². The zero-order valence-corrected chi connectivity index (χ0v) is 10.9. The highest BCUT2D eigenvalue weighted by atomic mass is 19.2. The van der Waals surface area contributed by atoms with Gasteiger partial charge in [-0.2, -0.15) is 0 Å². The summed E-state index contributed by atoms with van der Waals surface area (Å²) in [6.07, 6.45) is 1.68. The van der Waals surface area contributed by atoms with Crippen LogP contribution in [0.3, 0.4) is 0 Å². The molecule has 0 saturated heterocycles. The first-order chi connectivity index (χ1) is 10.1. The minimum absolute atomic E-state index is 0.0526. The lowest BCUT2D eigenvalue weighted by atomic mass is 10.1. The van der Waals surface area contributed by atoms with Crippen molar-refractivity contribution in [3.63, 3.8) is 0 Å². The fraction of sp³-hybridized carbons (Fsp3) is 0.0625. The van der Waals surface area contributed by atoms with E-state index in [2.05, 4.69) is 10.3 Å². The van der Waals surface area contributed by atoms with Gasteiger partial charge in [0.25, 0.3) is 0 Å². The molecular formula is C16H11F3N2. The van der Waals surface area contributed by atoms with Gasteiger partial charge in [0, 0.05) is 35.4 Å². The third kappa shape index (κ3) is 2.67. The van der Waals surface area contributed by atoms with Crippen molar-refractivity contribution in [2.75, 3.05) is 5.32 Å². The SMILES string of the molecule is Fc1cc(F)c(CNc2cccc3ncccc23)cc1F. The molecule has 1 N–H and O–H groups in total. The quantitative estimate of drug-likeness (QED) is 0.728. The van der Waals surface area contributed by atoms with E-state index in [-0.39, 0.29) is 12.1 Å². The van der Waals surface area contributed by atoms with E-state index in [0.717, 1.165) is 22.7 Å². The predicted octanol–water partition coefficient (Wildman–Crippen LogP) is 4.26. The summed E-state index contributed by atoms with van der Waals surface area (Å²) in [6.45, 7) is 0.0526. The maximum atomic E-state index is 13.6. The van der Waals surface area contributed by atoms with Crippen LogP contribution in [0.25, 0.3) is 10.9 Å². The standard InChI is InChI=1S/C16H11F3N2/c17-12-8-14(19)13(18)7-10(12)9-21-16-5-1-4-15-11(16)3-2-6-20-15/h1-8,21H,9H2. The molecule has 21 heavy (non-hydrogen) atoms. The molecule has 0 spiro atoms. The molecule has 106 valence electrons. The fourth-order valence-corrected chi connectivity index (χ4v) is 2.15. The van der Waals surface area contributed by atoms with E-state index in [9.17, 15) is 13.2 Å². The number of hydrogen-bond donors (Lipinski definition) is 1. The number of hydrogen-bond acceptors (Lipinski definition) is 2. The third-order valence-electron chi connectivity index (χ3n) is 3.20.